The first-order valence-corrected chi connectivity index (χ1v) is 8.90. The molecule has 29 heavy (non-hydrogen) atoms. The van der Waals surface area contributed by atoms with Crippen LogP contribution >= 0.6 is 11.8 Å². The molecule has 0 saturated heterocycles. The van der Waals surface area contributed by atoms with E-state index in [1.54, 1.807) is 6.92 Å². The van der Waals surface area contributed by atoms with Gasteiger partial charge in [0.2, 0.25) is 11.8 Å². The monoisotopic (exact) mass is 441 g/mol. The van der Waals surface area contributed by atoms with Crippen molar-refractivity contribution in [2.24, 2.45) is 0 Å². The van der Waals surface area contributed by atoms with Crippen LogP contribution in [-0.2, 0) is 21.9 Å². The summed E-state index contributed by atoms with van der Waals surface area (Å²) in [5.41, 5.74) is -3.74. The molecule has 1 aromatic carbocycles. The lowest BCUT2D eigenvalue weighted by Crippen LogP contribution is -2.19. The molecule has 0 aliphatic carbocycles. The third kappa shape index (κ3) is 7.00. The lowest BCUT2D eigenvalue weighted by atomic mass is 10.1. The molecule has 2 amide bonds. The topological polar surface area (TPSA) is 84.2 Å². The van der Waals surface area contributed by atoms with Gasteiger partial charge in [-0.15, -0.1) is 11.8 Å². The minimum Gasteiger partial charge on any atom is -0.360 e. The highest BCUT2D eigenvalue weighted by Gasteiger charge is 2.37. The van der Waals surface area contributed by atoms with Gasteiger partial charge in [-0.25, -0.2) is 0 Å². The lowest BCUT2D eigenvalue weighted by Gasteiger charge is -2.14. The molecule has 0 fully saturated rings. The Morgan fingerprint density at radius 3 is 1.90 bits per heavy atom. The number of nitrogens with one attached hydrogen (secondary N) is 2. The van der Waals surface area contributed by atoms with Crippen molar-refractivity contribution in [1.82, 2.24) is 5.16 Å². The van der Waals surface area contributed by atoms with Gasteiger partial charge in [-0.2, -0.15) is 26.3 Å². The molecule has 0 unspecified atom stereocenters. The number of benzene rings is 1. The second-order valence-corrected chi connectivity index (χ2v) is 6.69. The maximum Gasteiger partial charge on any atom is 0.416 e. The molecule has 1 heterocycles. The van der Waals surface area contributed by atoms with Crippen molar-refractivity contribution in [3.63, 3.8) is 0 Å². The molecule has 6 nitrogen and oxygen atoms in total. The number of halogens is 6. The maximum atomic E-state index is 12.8. The standard InChI is InChI=1S/C16H13F6N3O3S/c1-8-2-12(25-28-8)24-14(27)7-29-6-13(26)23-11-4-9(15(17,18)19)3-10(5-11)16(20,21)22/h2-5H,6-7H2,1H3,(H,23,26)(H,24,25,27). The molecule has 0 bridgehead atoms. The number of carbonyl (C=O) groups excluding carboxylic acids is 2. The minimum atomic E-state index is -5.02. The van der Waals surface area contributed by atoms with E-state index in [-0.39, 0.29) is 23.4 Å². The molecule has 1 aromatic heterocycles. The van der Waals surface area contributed by atoms with Crippen LogP contribution in [0.4, 0.5) is 37.8 Å². The molecule has 0 atom stereocenters. The van der Waals surface area contributed by atoms with Gasteiger partial charge in [0.1, 0.15) is 5.76 Å². The summed E-state index contributed by atoms with van der Waals surface area (Å²) >= 11 is 0.807. The van der Waals surface area contributed by atoms with Crippen LogP contribution in [0.3, 0.4) is 0 Å². The number of rotatable bonds is 6. The van der Waals surface area contributed by atoms with Gasteiger partial charge in [-0.3, -0.25) is 9.59 Å². The first kappa shape index (κ1) is 22.6. The molecular formula is C16H13F6N3O3S. The van der Waals surface area contributed by atoms with Crippen LogP contribution in [0.1, 0.15) is 16.9 Å². The molecule has 2 aromatic rings. The van der Waals surface area contributed by atoms with Gasteiger partial charge >= 0.3 is 12.4 Å². The summed E-state index contributed by atoms with van der Waals surface area (Å²) < 4.78 is 81.6. The zero-order valence-electron chi connectivity index (χ0n) is 14.6. The number of hydrogen-bond donors (Lipinski definition) is 2. The van der Waals surface area contributed by atoms with Crippen LogP contribution in [0.25, 0.3) is 0 Å². The fourth-order valence-corrected chi connectivity index (χ4v) is 2.68. The Morgan fingerprint density at radius 2 is 1.45 bits per heavy atom. The molecular weight excluding hydrogens is 428 g/mol. The van der Waals surface area contributed by atoms with Gasteiger partial charge in [-0.1, -0.05) is 5.16 Å². The largest absolute Gasteiger partial charge is 0.416 e. The van der Waals surface area contributed by atoms with E-state index in [9.17, 15) is 35.9 Å². The quantitative estimate of drug-likeness (QED) is 0.652. The average Bonchev–Trinajstić information content (AvgIpc) is 2.97. The molecule has 0 aliphatic heterocycles. The summed E-state index contributed by atoms with van der Waals surface area (Å²) in [6.07, 6.45) is -10.0. The highest BCUT2D eigenvalue weighted by molar-refractivity contribution is 8.00. The van der Waals surface area contributed by atoms with Gasteiger partial charge in [0.25, 0.3) is 0 Å². The Hall–Kier alpha value is -2.70. The summed E-state index contributed by atoms with van der Waals surface area (Å²) in [6.45, 7) is 1.61. The van der Waals surface area contributed by atoms with E-state index in [4.69, 9.17) is 4.52 Å². The van der Waals surface area contributed by atoms with E-state index >= 15 is 0 Å². The van der Waals surface area contributed by atoms with Crippen molar-refractivity contribution < 1.29 is 40.5 Å². The average molecular weight is 441 g/mol. The van der Waals surface area contributed by atoms with Crippen molar-refractivity contribution in [3.05, 3.63) is 41.2 Å². The van der Waals surface area contributed by atoms with Crippen molar-refractivity contribution >= 4 is 35.1 Å². The van der Waals surface area contributed by atoms with Crippen molar-refractivity contribution in [3.8, 4) is 0 Å². The Kier molecular flexibility index (Phi) is 6.82. The fraction of sp³-hybridized carbons (Fsp3) is 0.312. The number of hydrogen-bond acceptors (Lipinski definition) is 5. The van der Waals surface area contributed by atoms with Gasteiger partial charge in [0, 0.05) is 11.8 Å². The van der Waals surface area contributed by atoms with Crippen molar-refractivity contribution in [1.29, 1.82) is 0 Å². The van der Waals surface area contributed by atoms with E-state index in [1.807, 2.05) is 5.32 Å². The Morgan fingerprint density at radius 1 is 0.931 bits per heavy atom. The van der Waals surface area contributed by atoms with Crippen LogP contribution in [0, 0.1) is 6.92 Å². The smallest absolute Gasteiger partial charge is 0.360 e. The number of nitrogens with zero attached hydrogens (tertiary/aromatic N) is 1. The summed E-state index contributed by atoms with van der Waals surface area (Å²) in [6, 6.07) is 2.22. The zero-order chi connectivity index (χ0) is 21.8. The second-order valence-electron chi connectivity index (χ2n) is 5.71. The summed E-state index contributed by atoms with van der Waals surface area (Å²) in [4.78, 5) is 23.5. The predicted octanol–water partition coefficient (Wildman–Crippen LogP) is 4.33. The first-order valence-electron chi connectivity index (χ1n) is 7.75. The van der Waals surface area contributed by atoms with E-state index in [1.165, 1.54) is 6.07 Å². The lowest BCUT2D eigenvalue weighted by molar-refractivity contribution is -0.143. The Balaban J connectivity index is 1.94. The van der Waals surface area contributed by atoms with Gasteiger partial charge in [-0.05, 0) is 25.1 Å². The normalized spacial score (nSPS) is 12.0. The van der Waals surface area contributed by atoms with Gasteiger partial charge in [0.15, 0.2) is 5.82 Å². The number of alkyl halides is 6. The highest BCUT2D eigenvalue weighted by atomic mass is 32.2. The van der Waals surface area contributed by atoms with E-state index in [0.717, 1.165) is 11.8 Å². The van der Waals surface area contributed by atoms with E-state index in [2.05, 4.69) is 10.5 Å². The van der Waals surface area contributed by atoms with Crippen molar-refractivity contribution in [2.45, 2.75) is 19.3 Å². The van der Waals surface area contributed by atoms with Crippen LogP contribution in [0.5, 0.6) is 0 Å². The number of amides is 2. The van der Waals surface area contributed by atoms with E-state index in [0.29, 0.717) is 17.9 Å². The predicted molar refractivity (Wildman–Crippen MR) is 92.3 cm³/mol. The fourth-order valence-electron chi connectivity index (χ4n) is 2.06. The third-order valence-corrected chi connectivity index (χ3v) is 4.17. The molecule has 2 rings (SSSR count). The molecule has 158 valence electrons. The Bertz CT molecular complexity index is 863. The Labute approximate surface area is 164 Å². The highest BCUT2D eigenvalue weighted by Crippen LogP contribution is 2.37. The van der Waals surface area contributed by atoms with Crippen LogP contribution in [0.15, 0.2) is 28.8 Å². The molecule has 0 spiro atoms. The summed E-state index contributed by atoms with van der Waals surface area (Å²) in [7, 11) is 0. The number of anilines is 2. The molecule has 2 N–H and O–H groups in total. The SMILES string of the molecule is Cc1cc(NC(=O)CSCC(=O)Nc2cc(C(F)(F)F)cc(C(F)(F)F)c2)no1. The molecule has 13 heteroatoms. The third-order valence-electron chi connectivity index (χ3n) is 3.23. The summed E-state index contributed by atoms with van der Waals surface area (Å²) in [5, 5.41) is 7.89. The second kappa shape index (κ2) is 8.76. The zero-order valence-corrected chi connectivity index (χ0v) is 15.4. The molecule has 0 aliphatic rings. The minimum absolute atomic E-state index is 0.0413. The molecule has 0 radical (unpaired) electrons. The van der Waals surface area contributed by atoms with Crippen molar-refractivity contribution in [2.75, 3.05) is 22.1 Å². The number of thioether (sulfide) groups is 1. The number of aromatic nitrogens is 1. The maximum absolute atomic E-state index is 12.8. The number of aryl methyl sites for hydroxylation is 1. The van der Waals surface area contributed by atoms with Gasteiger partial charge in [0.05, 0.1) is 22.6 Å². The van der Waals surface area contributed by atoms with Crippen LogP contribution in [0.2, 0.25) is 0 Å². The van der Waals surface area contributed by atoms with E-state index < -0.39 is 41.0 Å². The number of carbonyl (C=O) groups is 2. The summed E-state index contributed by atoms with van der Waals surface area (Å²) in [5.74, 6) is -1.33. The first-order chi connectivity index (χ1) is 13.3. The van der Waals surface area contributed by atoms with Crippen LogP contribution < -0.4 is 10.6 Å². The molecule has 0 saturated carbocycles. The van der Waals surface area contributed by atoms with Crippen LogP contribution in [-0.4, -0.2) is 28.5 Å². The van der Waals surface area contributed by atoms with Gasteiger partial charge < -0.3 is 15.2 Å².